The Labute approximate surface area is 185 Å². The maximum atomic E-state index is 13.1. The number of carbonyl (C=O) groups is 2. The summed E-state index contributed by atoms with van der Waals surface area (Å²) in [6.07, 6.45) is 2.30. The van der Waals surface area contributed by atoms with Crippen molar-refractivity contribution in [3.05, 3.63) is 106 Å². The Morgan fingerprint density at radius 1 is 1.00 bits per heavy atom. The van der Waals surface area contributed by atoms with Gasteiger partial charge in [0.2, 0.25) is 11.3 Å². The number of nitrogens with one attached hydrogen (secondary N) is 1. The van der Waals surface area contributed by atoms with Crippen LogP contribution >= 0.6 is 0 Å². The Kier molecular flexibility index (Phi) is 5.94. The molecule has 0 aliphatic heterocycles. The van der Waals surface area contributed by atoms with Crippen LogP contribution in [0, 0.1) is 6.92 Å². The number of pyridine rings is 2. The van der Waals surface area contributed by atoms with Crippen molar-refractivity contribution < 1.29 is 9.59 Å². The molecule has 0 atom stereocenters. The van der Waals surface area contributed by atoms with E-state index >= 15 is 0 Å². The molecule has 1 amide bonds. The molecule has 4 aromatic rings. The number of carbonyl (C=O) groups excluding carboxylic acids is 2. The van der Waals surface area contributed by atoms with Crippen LogP contribution in [0.2, 0.25) is 0 Å². The Balaban J connectivity index is 1.74. The van der Waals surface area contributed by atoms with Crippen LogP contribution in [0.15, 0.2) is 77.7 Å². The molecule has 6 nitrogen and oxygen atoms in total. The van der Waals surface area contributed by atoms with E-state index in [9.17, 15) is 14.4 Å². The maximum absolute atomic E-state index is 13.1. The van der Waals surface area contributed by atoms with Crippen molar-refractivity contribution >= 4 is 28.4 Å². The number of ketones is 1. The molecule has 0 radical (unpaired) electrons. The zero-order valence-electron chi connectivity index (χ0n) is 18.0. The molecular weight excluding hydrogens is 402 g/mol. The number of anilines is 1. The highest BCUT2D eigenvalue weighted by Gasteiger charge is 2.19. The minimum Gasteiger partial charge on any atom is -0.325 e. The highest BCUT2D eigenvalue weighted by Crippen LogP contribution is 2.15. The average Bonchev–Trinajstić information content (AvgIpc) is 2.81. The molecule has 0 fully saturated rings. The lowest BCUT2D eigenvalue weighted by molar-refractivity contribution is -0.116. The normalized spacial score (nSPS) is 10.8. The molecule has 0 unspecified atom stereocenters. The molecule has 0 saturated heterocycles. The van der Waals surface area contributed by atoms with Gasteiger partial charge in [0.25, 0.3) is 0 Å². The van der Waals surface area contributed by atoms with E-state index in [4.69, 9.17) is 0 Å². The summed E-state index contributed by atoms with van der Waals surface area (Å²) < 4.78 is 1.57. The second-order valence-electron chi connectivity index (χ2n) is 7.62. The highest BCUT2D eigenvalue weighted by atomic mass is 16.2. The van der Waals surface area contributed by atoms with Gasteiger partial charge in [-0.25, -0.2) is 4.98 Å². The van der Waals surface area contributed by atoms with Crippen molar-refractivity contribution in [3.8, 4) is 0 Å². The standard InChI is InChI=1S/C26H23N3O3/c1-3-18-8-7-11-20(14-18)28-23(30)16-29-15-22(24(31)19-9-5-4-6-10-19)25(32)21-13-12-17(2)27-26(21)29/h4-15H,3,16H2,1-2H3,(H,28,30). The molecule has 2 aromatic carbocycles. The van der Waals surface area contributed by atoms with Crippen molar-refractivity contribution in [3.63, 3.8) is 0 Å². The van der Waals surface area contributed by atoms with E-state index < -0.39 is 5.43 Å². The first-order valence-electron chi connectivity index (χ1n) is 10.5. The van der Waals surface area contributed by atoms with Gasteiger partial charge >= 0.3 is 0 Å². The third-order valence-corrected chi connectivity index (χ3v) is 5.27. The maximum Gasteiger partial charge on any atom is 0.244 e. The van der Waals surface area contributed by atoms with Gasteiger partial charge in [-0.1, -0.05) is 49.4 Å². The lowest BCUT2D eigenvalue weighted by Crippen LogP contribution is -2.25. The first-order chi connectivity index (χ1) is 15.5. The number of amides is 1. The molecule has 1 N–H and O–H groups in total. The van der Waals surface area contributed by atoms with E-state index in [1.165, 1.54) is 6.20 Å². The summed E-state index contributed by atoms with van der Waals surface area (Å²) in [5.41, 5.74) is 2.93. The second kappa shape index (κ2) is 8.98. The van der Waals surface area contributed by atoms with E-state index in [0.717, 1.165) is 12.0 Å². The zero-order valence-corrected chi connectivity index (χ0v) is 18.0. The molecule has 0 aliphatic rings. The van der Waals surface area contributed by atoms with Gasteiger partial charge in [0.15, 0.2) is 5.78 Å². The monoisotopic (exact) mass is 425 g/mol. The quantitative estimate of drug-likeness (QED) is 0.471. The van der Waals surface area contributed by atoms with Crippen LogP contribution in [-0.2, 0) is 17.8 Å². The fourth-order valence-corrected chi connectivity index (χ4v) is 3.61. The number of aryl methyl sites for hydroxylation is 2. The topological polar surface area (TPSA) is 81.1 Å². The number of nitrogens with zero attached hydrogens (tertiary/aromatic N) is 2. The minimum atomic E-state index is -0.395. The molecule has 2 heterocycles. The van der Waals surface area contributed by atoms with Crippen LogP contribution in [0.3, 0.4) is 0 Å². The van der Waals surface area contributed by atoms with Crippen LogP contribution < -0.4 is 10.7 Å². The molecular formula is C26H23N3O3. The van der Waals surface area contributed by atoms with E-state index in [-0.39, 0.29) is 23.8 Å². The van der Waals surface area contributed by atoms with Crippen LogP contribution in [0.4, 0.5) is 5.69 Å². The molecule has 160 valence electrons. The number of benzene rings is 2. The van der Waals surface area contributed by atoms with Crippen molar-refractivity contribution in [1.29, 1.82) is 0 Å². The van der Waals surface area contributed by atoms with Gasteiger partial charge in [0, 0.05) is 23.1 Å². The van der Waals surface area contributed by atoms with Crippen LogP contribution in [0.5, 0.6) is 0 Å². The summed E-state index contributed by atoms with van der Waals surface area (Å²) in [6, 6.07) is 19.6. The summed E-state index contributed by atoms with van der Waals surface area (Å²) in [6.45, 7) is 3.78. The molecule has 0 spiro atoms. The lowest BCUT2D eigenvalue weighted by Gasteiger charge is -2.13. The SMILES string of the molecule is CCc1cccc(NC(=O)Cn2cc(C(=O)c3ccccc3)c(=O)c3ccc(C)nc32)c1. The Morgan fingerprint density at radius 3 is 2.53 bits per heavy atom. The summed E-state index contributed by atoms with van der Waals surface area (Å²) in [5, 5.41) is 3.19. The molecule has 32 heavy (non-hydrogen) atoms. The minimum absolute atomic E-state index is 0.00938. The molecule has 0 bridgehead atoms. The average molecular weight is 425 g/mol. The van der Waals surface area contributed by atoms with Crippen molar-refractivity contribution in [2.24, 2.45) is 0 Å². The predicted molar refractivity (Wildman–Crippen MR) is 125 cm³/mol. The van der Waals surface area contributed by atoms with E-state index in [1.807, 2.05) is 38.1 Å². The van der Waals surface area contributed by atoms with Gasteiger partial charge in [-0.05, 0) is 43.2 Å². The van der Waals surface area contributed by atoms with Crippen molar-refractivity contribution in [2.75, 3.05) is 5.32 Å². The van der Waals surface area contributed by atoms with Gasteiger partial charge in [0.1, 0.15) is 12.2 Å². The molecule has 0 saturated carbocycles. The van der Waals surface area contributed by atoms with E-state index in [0.29, 0.717) is 28.0 Å². The van der Waals surface area contributed by atoms with E-state index in [2.05, 4.69) is 10.3 Å². The highest BCUT2D eigenvalue weighted by molar-refractivity contribution is 6.10. The number of hydrogen-bond acceptors (Lipinski definition) is 4. The van der Waals surface area contributed by atoms with Gasteiger partial charge in [-0.15, -0.1) is 0 Å². The Morgan fingerprint density at radius 2 is 1.78 bits per heavy atom. The van der Waals surface area contributed by atoms with Crippen LogP contribution in [0.1, 0.15) is 34.1 Å². The fraction of sp³-hybridized carbons (Fsp3) is 0.154. The second-order valence-corrected chi connectivity index (χ2v) is 7.62. The Bertz CT molecular complexity index is 1370. The van der Waals surface area contributed by atoms with Crippen LogP contribution in [-0.4, -0.2) is 21.2 Å². The van der Waals surface area contributed by atoms with Gasteiger partial charge < -0.3 is 9.88 Å². The molecule has 0 aliphatic carbocycles. The first-order valence-corrected chi connectivity index (χ1v) is 10.5. The van der Waals surface area contributed by atoms with Crippen LogP contribution in [0.25, 0.3) is 11.0 Å². The van der Waals surface area contributed by atoms with Gasteiger partial charge in [-0.2, -0.15) is 0 Å². The predicted octanol–water partition coefficient (Wildman–Crippen LogP) is 4.14. The number of fused-ring (bicyclic) bond motifs is 1. The number of rotatable bonds is 6. The third-order valence-electron chi connectivity index (χ3n) is 5.27. The summed E-state index contributed by atoms with van der Waals surface area (Å²) in [7, 11) is 0. The number of hydrogen-bond donors (Lipinski definition) is 1. The first kappa shape index (κ1) is 21.2. The molecule has 4 rings (SSSR count). The Hall–Kier alpha value is -4.06. The largest absolute Gasteiger partial charge is 0.325 e. The number of aromatic nitrogens is 2. The molecule has 6 heteroatoms. The summed E-state index contributed by atoms with van der Waals surface area (Å²) in [5.74, 6) is -0.660. The van der Waals surface area contributed by atoms with Gasteiger partial charge in [-0.3, -0.25) is 14.4 Å². The zero-order chi connectivity index (χ0) is 22.7. The van der Waals surface area contributed by atoms with Crippen molar-refractivity contribution in [2.45, 2.75) is 26.8 Å². The lowest BCUT2D eigenvalue weighted by atomic mass is 10.0. The smallest absolute Gasteiger partial charge is 0.244 e. The van der Waals surface area contributed by atoms with Crippen molar-refractivity contribution in [1.82, 2.24) is 9.55 Å². The molecule has 2 aromatic heterocycles. The summed E-state index contributed by atoms with van der Waals surface area (Å²) >= 11 is 0. The van der Waals surface area contributed by atoms with E-state index in [1.54, 1.807) is 47.0 Å². The summed E-state index contributed by atoms with van der Waals surface area (Å²) in [4.78, 5) is 43.4. The third kappa shape index (κ3) is 4.34. The fourth-order valence-electron chi connectivity index (χ4n) is 3.61. The van der Waals surface area contributed by atoms with Gasteiger partial charge in [0.05, 0.1) is 10.9 Å².